The van der Waals surface area contributed by atoms with E-state index in [1.807, 2.05) is 0 Å². The molecule has 37 heavy (non-hydrogen) atoms. The van der Waals surface area contributed by atoms with Crippen molar-refractivity contribution in [1.82, 2.24) is 0 Å². The summed E-state index contributed by atoms with van der Waals surface area (Å²) in [5, 5.41) is 0. The molecule has 0 atom stereocenters. The van der Waals surface area contributed by atoms with Crippen LogP contribution in [0.5, 0.6) is 11.5 Å². The van der Waals surface area contributed by atoms with Gasteiger partial charge in [-0.25, -0.2) is 35.9 Å². The molecular formula is C27H14F6O4. The van der Waals surface area contributed by atoms with E-state index in [-0.39, 0.29) is 11.1 Å². The highest BCUT2D eigenvalue weighted by Gasteiger charge is 2.16. The lowest BCUT2D eigenvalue weighted by Crippen LogP contribution is -2.10. The molecule has 0 N–H and O–H groups in total. The molecule has 0 radical (unpaired) electrons. The molecule has 4 aromatic rings. The molecule has 0 aliphatic heterocycles. The van der Waals surface area contributed by atoms with Crippen molar-refractivity contribution in [2.24, 2.45) is 0 Å². The Labute approximate surface area is 205 Å². The summed E-state index contributed by atoms with van der Waals surface area (Å²) < 4.78 is 89.0. The quantitative estimate of drug-likeness (QED) is 0.126. The number of carbonyl (C=O) groups excluding carboxylic acids is 2. The molecule has 0 unspecified atom stereocenters. The fourth-order valence-corrected chi connectivity index (χ4v) is 3.27. The van der Waals surface area contributed by atoms with Gasteiger partial charge in [0, 0.05) is 24.3 Å². The molecule has 0 aliphatic carbocycles. The molecule has 0 aromatic heterocycles. The van der Waals surface area contributed by atoms with Crippen LogP contribution in [0.1, 0.15) is 31.8 Å². The first kappa shape index (κ1) is 25.5. The Balaban J connectivity index is 1.37. The van der Waals surface area contributed by atoms with Crippen molar-refractivity contribution in [2.75, 3.05) is 0 Å². The molecule has 4 nitrogen and oxygen atoms in total. The number of hydrogen-bond acceptors (Lipinski definition) is 4. The number of rotatable bonds is 6. The maximum Gasteiger partial charge on any atom is 0.343 e. The highest BCUT2D eigenvalue weighted by Crippen LogP contribution is 2.22. The second-order valence-corrected chi connectivity index (χ2v) is 7.75. The molecule has 0 fully saturated rings. The van der Waals surface area contributed by atoms with E-state index in [4.69, 9.17) is 9.47 Å². The largest absolute Gasteiger partial charge is 0.423 e. The van der Waals surface area contributed by atoms with Crippen LogP contribution in [0.25, 0.3) is 0 Å². The molecule has 10 heteroatoms. The van der Waals surface area contributed by atoms with Gasteiger partial charge in [-0.15, -0.1) is 0 Å². The van der Waals surface area contributed by atoms with Crippen LogP contribution in [0.4, 0.5) is 26.3 Å². The molecular weight excluding hydrogens is 502 g/mol. The number of benzene rings is 4. The van der Waals surface area contributed by atoms with Gasteiger partial charge in [0.1, 0.15) is 11.5 Å². The van der Waals surface area contributed by atoms with E-state index in [0.29, 0.717) is 30.7 Å². The minimum atomic E-state index is -1.67. The van der Waals surface area contributed by atoms with Gasteiger partial charge in [-0.05, 0) is 41.8 Å². The molecule has 0 saturated carbocycles. The lowest BCUT2D eigenvalue weighted by molar-refractivity contribution is 0.0723. The number of ether oxygens (including phenoxy) is 2. The first-order chi connectivity index (χ1) is 17.6. The molecule has 188 valence electrons. The summed E-state index contributed by atoms with van der Waals surface area (Å²) >= 11 is 0. The third-order valence-corrected chi connectivity index (χ3v) is 5.12. The maximum atomic E-state index is 13.3. The minimum absolute atomic E-state index is 0.0839. The van der Waals surface area contributed by atoms with Crippen LogP contribution in [-0.2, 0) is 6.42 Å². The average Bonchev–Trinajstić information content (AvgIpc) is 2.86. The summed E-state index contributed by atoms with van der Waals surface area (Å²) in [4.78, 5) is 24.4. The van der Waals surface area contributed by atoms with E-state index in [0.717, 1.165) is 11.1 Å². The van der Waals surface area contributed by atoms with Gasteiger partial charge in [0.25, 0.3) is 0 Å². The van der Waals surface area contributed by atoms with Crippen LogP contribution in [0.2, 0.25) is 0 Å². The van der Waals surface area contributed by atoms with E-state index in [9.17, 15) is 35.9 Å². The summed E-state index contributed by atoms with van der Waals surface area (Å²) in [6, 6.07) is 14.4. The summed E-state index contributed by atoms with van der Waals surface area (Å²) in [6.07, 6.45) is 0.396. The van der Waals surface area contributed by atoms with Crippen LogP contribution < -0.4 is 9.47 Å². The smallest absolute Gasteiger partial charge is 0.343 e. The molecule has 4 aromatic carbocycles. The van der Waals surface area contributed by atoms with Gasteiger partial charge in [0.05, 0.1) is 11.1 Å². The minimum Gasteiger partial charge on any atom is -0.423 e. The van der Waals surface area contributed by atoms with Crippen molar-refractivity contribution >= 4 is 11.9 Å². The van der Waals surface area contributed by atoms with Crippen LogP contribution >= 0.6 is 0 Å². The maximum absolute atomic E-state index is 13.3. The molecule has 0 heterocycles. The van der Waals surface area contributed by atoms with Gasteiger partial charge in [-0.2, -0.15) is 0 Å². The third kappa shape index (κ3) is 5.97. The Morgan fingerprint density at radius 1 is 0.514 bits per heavy atom. The Hall–Kier alpha value is -4.60. The van der Waals surface area contributed by atoms with Crippen molar-refractivity contribution < 1.29 is 45.4 Å². The molecule has 0 amide bonds. The first-order valence-corrected chi connectivity index (χ1v) is 10.5. The van der Waals surface area contributed by atoms with Gasteiger partial charge >= 0.3 is 11.9 Å². The number of halogens is 6. The van der Waals surface area contributed by atoms with Crippen LogP contribution in [0.3, 0.4) is 0 Å². The van der Waals surface area contributed by atoms with E-state index >= 15 is 0 Å². The second-order valence-electron chi connectivity index (χ2n) is 7.75. The zero-order valence-corrected chi connectivity index (χ0v) is 18.5. The molecule has 0 aliphatic rings. The Morgan fingerprint density at radius 3 is 1.11 bits per heavy atom. The van der Waals surface area contributed by atoms with Crippen molar-refractivity contribution in [2.45, 2.75) is 6.42 Å². The van der Waals surface area contributed by atoms with Gasteiger partial charge in [-0.3, -0.25) is 0 Å². The zero-order chi connectivity index (χ0) is 26.7. The Morgan fingerprint density at radius 2 is 0.811 bits per heavy atom. The van der Waals surface area contributed by atoms with Crippen molar-refractivity contribution in [1.29, 1.82) is 0 Å². The topological polar surface area (TPSA) is 52.6 Å². The zero-order valence-electron chi connectivity index (χ0n) is 18.5. The van der Waals surface area contributed by atoms with Crippen molar-refractivity contribution in [3.05, 3.63) is 130 Å². The van der Waals surface area contributed by atoms with Crippen LogP contribution in [-0.4, -0.2) is 11.9 Å². The number of hydrogen-bond donors (Lipinski definition) is 0. The lowest BCUT2D eigenvalue weighted by atomic mass is 10.0. The van der Waals surface area contributed by atoms with Crippen molar-refractivity contribution in [3.63, 3.8) is 0 Å². The number of carbonyl (C=O) groups is 2. The van der Waals surface area contributed by atoms with Crippen molar-refractivity contribution in [3.8, 4) is 11.5 Å². The van der Waals surface area contributed by atoms with E-state index in [2.05, 4.69) is 0 Å². The van der Waals surface area contributed by atoms with E-state index in [1.165, 1.54) is 24.3 Å². The molecule has 0 spiro atoms. The van der Waals surface area contributed by atoms with Gasteiger partial charge < -0.3 is 9.47 Å². The van der Waals surface area contributed by atoms with Gasteiger partial charge in [0.15, 0.2) is 34.9 Å². The van der Waals surface area contributed by atoms with E-state index < -0.39 is 58.3 Å². The first-order valence-electron chi connectivity index (χ1n) is 10.5. The normalized spacial score (nSPS) is 10.8. The average molecular weight is 516 g/mol. The third-order valence-electron chi connectivity index (χ3n) is 5.12. The van der Waals surface area contributed by atoms with E-state index in [1.54, 1.807) is 24.3 Å². The Bertz CT molecular complexity index is 1330. The van der Waals surface area contributed by atoms with Crippen LogP contribution in [0, 0.1) is 34.9 Å². The lowest BCUT2D eigenvalue weighted by Gasteiger charge is -2.08. The fourth-order valence-electron chi connectivity index (χ4n) is 3.27. The van der Waals surface area contributed by atoms with Gasteiger partial charge in [0.2, 0.25) is 0 Å². The molecule has 0 saturated heterocycles. The molecule has 0 bridgehead atoms. The van der Waals surface area contributed by atoms with Gasteiger partial charge in [-0.1, -0.05) is 24.3 Å². The summed E-state index contributed by atoms with van der Waals surface area (Å²) in [7, 11) is 0. The predicted octanol–water partition coefficient (Wildman–Crippen LogP) is 6.55. The highest BCUT2D eigenvalue weighted by molar-refractivity contribution is 5.91. The fraction of sp³-hybridized carbons (Fsp3) is 0.0370. The molecule has 4 rings (SSSR count). The Kier molecular flexibility index (Phi) is 7.28. The highest BCUT2D eigenvalue weighted by atomic mass is 19.2. The predicted molar refractivity (Wildman–Crippen MR) is 118 cm³/mol. The standard InChI is InChI=1S/C27H14F6O4/c28-20-10-18(11-21(29)24(20)32)36-26(34)16-5-1-14(2-6-16)9-15-3-7-17(8-4-15)27(35)37-19-12-22(30)25(33)23(31)13-19/h1-8,10-13H,9H2. The summed E-state index contributed by atoms with van der Waals surface area (Å²) in [6.45, 7) is 0. The summed E-state index contributed by atoms with van der Waals surface area (Å²) in [5.74, 6) is -12.1. The SMILES string of the molecule is O=C(Oc1cc(F)c(F)c(F)c1)c1ccc(Cc2ccc(C(=O)Oc3cc(F)c(F)c(F)c3)cc2)cc1. The van der Waals surface area contributed by atoms with Crippen LogP contribution in [0.15, 0.2) is 72.8 Å². The number of esters is 2. The monoisotopic (exact) mass is 516 g/mol. The second kappa shape index (κ2) is 10.6. The summed E-state index contributed by atoms with van der Waals surface area (Å²) in [5.41, 5.74) is 1.70.